The molecule has 0 saturated carbocycles. The van der Waals surface area contributed by atoms with Crippen LogP contribution in [0.15, 0.2) is 42.7 Å². The first-order chi connectivity index (χ1) is 10.7. The summed E-state index contributed by atoms with van der Waals surface area (Å²) < 4.78 is 1.80. The number of nitrogens with zero attached hydrogens (tertiary/aromatic N) is 2. The summed E-state index contributed by atoms with van der Waals surface area (Å²) in [5.41, 5.74) is 1.93. The number of carbonyl (C=O) groups excluding carboxylic acids is 1. The molecule has 2 aromatic rings. The molecule has 1 aromatic carbocycles. The number of carbonyl (C=O) groups is 1. The monoisotopic (exact) mass is 334 g/mol. The summed E-state index contributed by atoms with van der Waals surface area (Å²) in [6.45, 7) is 4.09. The Balaban J connectivity index is 0.00000192. The third-order valence-corrected chi connectivity index (χ3v) is 4.20. The minimum atomic E-state index is 0. The molecule has 1 aromatic heterocycles. The zero-order chi connectivity index (χ0) is 15.4. The van der Waals surface area contributed by atoms with E-state index in [1.165, 1.54) is 0 Å². The van der Waals surface area contributed by atoms with Crippen molar-refractivity contribution in [2.45, 2.75) is 25.8 Å². The van der Waals surface area contributed by atoms with Gasteiger partial charge in [-0.05, 0) is 36.6 Å². The Morgan fingerprint density at radius 2 is 2.17 bits per heavy atom. The lowest BCUT2D eigenvalue weighted by molar-refractivity contribution is -0.121. The fourth-order valence-corrected chi connectivity index (χ4v) is 2.80. The van der Waals surface area contributed by atoms with E-state index in [2.05, 4.69) is 22.7 Å². The zero-order valence-electron chi connectivity index (χ0n) is 13.2. The first-order valence-electron chi connectivity index (χ1n) is 7.81. The number of nitrogens with one attached hydrogen (secondary N) is 2. The highest BCUT2D eigenvalue weighted by molar-refractivity contribution is 5.85. The summed E-state index contributed by atoms with van der Waals surface area (Å²) in [6.07, 6.45) is 5.15. The van der Waals surface area contributed by atoms with Crippen molar-refractivity contribution in [2.24, 2.45) is 5.92 Å². The lowest BCUT2D eigenvalue weighted by Crippen LogP contribution is -2.50. The van der Waals surface area contributed by atoms with E-state index in [9.17, 15) is 4.79 Å². The molecule has 0 aliphatic carbocycles. The third-order valence-electron chi connectivity index (χ3n) is 4.20. The Bertz CT molecular complexity index is 629. The highest BCUT2D eigenvalue weighted by Gasteiger charge is 2.22. The smallest absolute Gasteiger partial charge is 0.224 e. The minimum absolute atomic E-state index is 0. The summed E-state index contributed by atoms with van der Waals surface area (Å²) in [5, 5.41) is 10.8. The van der Waals surface area contributed by atoms with Gasteiger partial charge < -0.3 is 10.6 Å². The Morgan fingerprint density at radius 1 is 1.39 bits per heavy atom. The average Bonchev–Trinajstić information content (AvgIpc) is 2.99. The fourth-order valence-electron chi connectivity index (χ4n) is 2.80. The van der Waals surface area contributed by atoms with Gasteiger partial charge in [-0.2, -0.15) is 5.10 Å². The SMILES string of the molecule is CC1CCNCC1NC(=O)Cc1cnn(-c2ccccc2)c1.Cl. The first-order valence-corrected chi connectivity index (χ1v) is 7.81. The molecule has 0 spiro atoms. The van der Waals surface area contributed by atoms with E-state index in [1.807, 2.05) is 36.5 Å². The maximum Gasteiger partial charge on any atom is 0.224 e. The van der Waals surface area contributed by atoms with E-state index < -0.39 is 0 Å². The maximum absolute atomic E-state index is 12.2. The summed E-state index contributed by atoms with van der Waals surface area (Å²) in [4.78, 5) is 12.2. The van der Waals surface area contributed by atoms with Crippen molar-refractivity contribution in [1.29, 1.82) is 0 Å². The van der Waals surface area contributed by atoms with Crippen LogP contribution in [0.1, 0.15) is 18.9 Å². The molecule has 1 aliphatic rings. The van der Waals surface area contributed by atoms with E-state index >= 15 is 0 Å². The molecule has 1 amide bonds. The van der Waals surface area contributed by atoms with Crippen LogP contribution in [0.5, 0.6) is 0 Å². The van der Waals surface area contributed by atoms with Crippen molar-refractivity contribution in [3.8, 4) is 5.69 Å². The molecule has 0 bridgehead atoms. The molecule has 2 N–H and O–H groups in total. The summed E-state index contributed by atoms with van der Waals surface area (Å²) in [5.74, 6) is 0.588. The van der Waals surface area contributed by atoms with E-state index in [1.54, 1.807) is 10.9 Å². The van der Waals surface area contributed by atoms with Crippen molar-refractivity contribution >= 4 is 18.3 Å². The Morgan fingerprint density at radius 3 is 2.91 bits per heavy atom. The van der Waals surface area contributed by atoms with Gasteiger partial charge in [0.1, 0.15) is 0 Å². The van der Waals surface area contributed by atoms with Crippen molar-refractivity contribution < 1.29 is 4.79 Å². The normalized spacial score (nSPS) is 20.6. The molecule has 1 saturated heterocycles. The second-order valence-electron chi connectivity index (χ2n) is 5.95. The second kappa shape index (κ2) is 8.13. The molecule has 3 rings (SSSR count). The van der Waals surface area contributed by atoms with Crippen LogP contribution in [-0.2, 0) is 11.2 Å². The average molecular weight is 335 g/mol. The van der Waals surface area contributed by atoms with Crippen molar-refractivity contribution in [2.75, 3.05) is 13.1 Å². The number of amides is 1. The Labute approximate surface area is 142 Å². The van der Waals surface area contributed by atoms with Crippen molar-refractivity contribution in [1.82, 2.24) is 20.4 Å². The number of halogens is 1. The predicted molar refractivity (Wildman–Crippen MR) is 93.1 cm³/mol. The van der Waals surface area contributed by atoms with Crippen LogP contribution in [0, 0.1) is 5.92 Å². The lowest BCUT2D eigenvalue weighted by atomic mass is 9.94. The molecule has 1 aliphatic heterocycles. The molecule has 0 radical (unpaired) electrons. The molecule has 124 valence electrons. The molecule has 2 atom stereocenters. The van der Waals surface area contributed by atoms with Gasteiger partial charge in [0.2, 0.25) is 5.91 Å². The van der Waals surface area contributed by atoms with Crippen LogP contribution >= 0.6 is 12.4 Å². The molecular weight excluding hydrogens is 312 g/mol. The van der Waals surface area contributed by atoms with E-state index in [-0.39, 0.29) is 24.4 Å². The number of aromatic nitrogens is 2. The van der Waals surface area contributed by atoms with Crippen LogP contribution in [0.25, 0.3) is 5.69 Å². The maximum atomic E-state index is 12.2. The summed E-state index contributed by atoms with van der Waals surface area (Å²) >= 11 is 0. The van der Waals surface area contributed by atoms with Crippen LogP contribution in [-0.4, -0.2) is 34.8 Å². The molecule has 2 unspecified atom stereocenters. The second-order valence-corrected chi connectivity index (χ2v) is 5.95. The Kier molecular flexibility index (Phi) is 6.19. The molecule has 1 fully saturated rings. The number of piperidine rings is 1. The number of benzene rings is 1. The number of rotatable bonds is 4. The molecule has 23 heavy (non-hydrogen) atoms. The third kappa shape index (κ3) is 4.56. The van der Waals surface area contributed by atoms with Gasteiger partial charge in [0.15, 0.2) is 0 Å². The van der Waals surface area contributed by atoms with Gasteiger partial charge >= 0.3 is 0 Å². The first kappa shape index (κ1) is 17.5. The fraction of sp³-hybridized carbons (Fsp3) is 0.412. The zero-order valence-corrected chi connectivity index (χ0v) is 14.1. The molecule has 6 heteroatoms. The van der Waals surface area contributed by atoms with Crippen molar-refractivity contribution in [3.63, 3.8) is 0 Å². The van der Waals surface area contributed by atoms with Gasteiger partial charge in [-0.15, -0.1) is 12.4 Å². The number of hydrogen-bond acceptors (Lipinski definition) is 3. The highest BCUT2D eigenvalue weighted by Crippen LogP contribution is 2.12. The standard InChI is InChI=1S/C17H22N4O.ClH/c1-13-7-8-18-11-16(13)20-17(22)9-14-10-19-21(12-14)15-5-3-2-4-6-15;/h2-6,10,12-13,16,18H,7-9,11H2,1H3,(H,20,22);1H. The van der Waals surface area contributed by atoms with E-state index in [4.69, 9.17) is 0 Å². The van der Waals surface area contributed by atoms with Gasteiger partial charge in [-0.25, -0.2) is 4.68 Å². The van der Waals surface area contributed by atoms with Gasteiger partial charge in [0.05, 0.1) is 18.3 Å². The molecule has 2 heterocycles. The lowest BCUT2D eigenvalue weighted by Gasteiger charge is -2.30. The minimum Gasteiger partial charge on any atom is -0.352 e. The van der Waals surface area contributed by atoms with Gasteiger partial charge in [-0.1, -0.05) is 25.1 Å². The highest BCUT2D eigenvalue weighted by atomic mass is 35.5. The van der Waals surface area contributed by atoms with E-state index in [0.717, 1.165) is 30.8 Å². The topological polar surface area (TPSA) is 58.9 Å². The number of hydrogen-bond donors (Lipinski definition) is 2. The van der Waals surface area contributed by atoms with Gasteiger partial charge in [-0.3, -0.25) is 4.79 Å². The van der Waals surface area contributed by atoms with Gasteiger partial charge in [0.25, 0.3) is 0 Å². The van der Waals surface area contributed by atoms with E-state index in [0.29, 0.717) is 12.3 Å². The summed E-state index contributed by atoms with van der Waals surface area (Å²) in [6, 6.07) is 10.1. The van der Waals surface area contributed by atoms with Gasteiger partial charge in [0, 0.05) is 18.8 Å². The number of para-hydroxylation sites is 1. The molecule has 5 nitrogen and oxygen atoms in total. The predicted octanol–water partition coefficient (Wildman–Crippen LogP) is 1.95. The molecular formula is C17H23ClN4O. The van der Waals surface area contributed by atoms with Crippen molar-refractivity contribution in [3.05, 3.63) is 48.3 Å². The Hall–Kier alpha value is -1.85. The largest absolute Gasteiger partial charge is 0.352 e. The quantitative estimate of drug-likeness (QED) is 0.898. The van der Waals surface area contributed by atoms with Crippen LogP contribution in [0.4, 0.5) is 0 Å². The van der Waals surface area contributed by atoms with Crippen LogP contribution in [0.2, 0.25) is 0 Å². The summed E-state index contributed by atoms with van der Waals surface area (Å²) in [7, 11) is 0. The van der Waals surface area contributed by atoms with Crippen LogP contribution < -0.4 is 10.6 Å². The van der Waals surface area contributed by atoms with Crippen LogP contribution in [0.3, 0.4) is 0 Å².